The highest BCUT2D eigenvalue weighted by atomic mass is 32.2. The van der Waals surface area contributed by atoms with Gasteiger partial charge in [0.2, 0.25) is 21.8 Å². The van der Waals surface area contributed by atoms with Gasteiger partial charge in [0, 0.05) is 23.4 Å². The summed E-state index contributed by atoms with van der Waals surface area (Å²) >= 11 is 0. The zero-order valence-electron chi connectivity index (χ0n) is 16.3. The molecule has 1 aromatic carbocycles. The number of benzene rings is 1. The Morgan fingerprint density at radius 2 is 2.07 bits per heavy atom. The largest absolute Gasteiger partial charge is 0.481 e. The minimum absolute atomic E-state index is 0.0898. The molecule has 0 saturated heterocycles. The second-order valence-corrected chi connectivity index (χ2v) is 9.27. The number of methoxy groups -OCH3 is 1. The van der Waals surface area contributed by atoms with Crippen molar-refractivity contribution in [2.24, 2.45) is 11.1 Å². The summed E-state index contributed by atoms with van der Waals surface area (Å²) in [4.78, 5) is 16.4. The van der Waals surface area contributed by atoms with E-state index in [1.165, 1.54) is 7.11 Å². The van der Waals surface area contributed by atoms with Crippen molar-refractivity contribution in [2.45, 2.75) is 31.7 Å². The number of nitrogens with zero attached hydrogens (tertiary/aromatic N) is 1. The molecule has 1 aliphatic rings. The Balaban J connectivity index is 1.94. The molecule has 1 fully saturated rings. The van der Waals surface area contributed by atoms with E-state index in [4.69, 9.17) is 10.5 Å². The molecule has 0 radical (unpaired) electrons. The van der Waals surface area contributed by atoms with Crippen LogP contribution in [0.5, 0.6) is 5.88 Å². The summed E-state index contributed by atoms with van der Waals surface area (Å²) in [6, 6.07) is 7.94. The number of hydrogen-bond acceptors (Lipinski definition) is 5. The average Bonchev–Trinajstić information content (AvgIpc) is 3.05. The molecule has 1 aliphatic carbocycles. The van der Waals surface area contributed by atoms with E-state index in [0.717, 1.165) is 6.26 Å². The Bertz CT molecular complexity index is 1030. The number of ether oxygens (including phenoxy) is 1. The van der Waals surface area contributed by atoms with Crippen LogP contribution in [0.4, 0.5) is 4.39 Å². The molecule has 1 amide bonds. The third kappa shape index (κ3) is 4.56. The molecule has 2 atom stereocenters. The molecule has 7 nitrogen and oxygen atoms in total. The minimum atomic E-state index is -3.41. The fraction of sp³-hybridized carbons (Fsp3) is 0.400. The molecular formula is C20H24FN3O4S. The Hall–Kier alpha value is -2.52. The van der Waals surface area contributed by atoms with Crippen LogP contribution in [0, 0.1) is 11.2 Å². The van der Waals surface area contributed by atoms with Crippen molar-refractivity contribution < 1.29 is 22.3 Å². The molecule has 1 aromatic heterocycles. The van der Waals surface area contributed by atoms with Gasteiger partial charge in [-0.1, -0.05) is 18.2 Å². The highest BCUT2D eigenvalue weighted by Gasteiger charge is 2.45. The van der Waals surface area contributed by atoms with E-state index in [-0.39, 0.29) is 12.8 Å². The van der Waals surface area contributed by atoms with Gasteiger partial charge in [-0.2, -0.15) is 0 Å². The van der Waals surface area contributed by atoms with E-state index in [1.54, 1.807) is 36.5 Å². The summed E-state index contributed by atoms with van der Waals surface area (Å²) in [7, 11) is -1.95. The molecule has 9 heteroatoms. The van der Waals surface area contributed by atoms with Gasteiger partial charge in [0.25, 0.3) is 0 Å². The number of aromatic nitrogens is 1. The third-order valence-electron chi connectivity index (χ3n) is 5.37. The summed E-state index contributed by atoms with van der Waals surface area (Å²) < 4.78 is 46.2. The van der Waals surface area contributed by atoms with E-state index in [9.17, 15) is 13.2 Å². The molecule has 3 N–H and O–H groups in total. The quantitative estimate of drug-likeness (QED) is 0.710. The predicted molar refractivity (Wildman–Crippen MR) is 107 cm³/mol. The van der Waals surface area contributed by atoms with E-state index >= 15 is 4.39 Å². The van der Waals surface area contributed by atoms with Crippen LogP contribution >= 0.6 is 0 Å². The third-order valence-corrected chi connectivity index (χ3v) is 6.14. The topological polar surface area (TPSA) is 111 Å². The monoisotopic (exact) mass is 421 g/mol. The summed E-state index contributed by atoms with van der Waals surface area (Å²) in [6.07, 6.45) is 3.80. The van der Waals surface area contributed by atoms with Gasteiger partial charge in [0.1, 0.15) is 5.82 Å². The number of halogens is 1. The van der Waals surface area contributed by atoms with E-state index in [0.29, 0.717) is 35.4 Å². The number of nitrogens with one attached hydrogen (secondary N) is 1. The van der Waals surface area contributed by atoms with E-state index in [2.05, 4.69) is 9.71 Å². The van der Waals surface area contributed by atoms with Gasteiger partial charge in [0.05, 0.1) is 18.8 Å². The standard InChI is InChI=1S/C20H24FN3O4S/c1-28-18-16(7-4-10-23-18)15-6-3-5-13(17(15)21)11-20(19(22)25)9-8-14(12-20)24-29(2,26)27/h3-7,10,14,24H,8-9,11-12H2,1-2H3,(H2,22,25)/t14-,20+/m0/s1. The number of amides is 1. The lowest BCUT2D eigenvalue weighted by atomic mass is 9.78. The van der Waals surface area contributed by atoms with Crippen LogP contribution in [-0.2, 0) is 21.2 Å². The number of nitrogens with two attached hydrogens (primary N) is 1. The van der Waals surface area contributed by atoms with E-state index in [1.807, 2.05) is 0 Å². The Morgan fingerprint density at radius 3 is 2.72 bits per heavy atom. The van der Waals surface area contributed by atoms with Crippen LogP contribution in [0.2, 0.25) is 0 Å². The fourth-order valence-electron chi connectivity index (χ4n) is 4.05. The maximum Gasteiger partial charge on any atom is 0.224 e. The Labute approximate surface area is 169 Å². The fourth-order valence-corrected chi connectivity index (χ4v) is 4.86. The molecule has 0 unspecified atom stereocenters. The van der Waals surface area contributed by atoms with Crippen LogP contribution in [0.25, 0.3) is 11.1 Å². The molecule has 156 valence electrons. The second-order valence-electron chi connectivity index (χ2n) is 7.49. The molecule has 3 rings (SSSR count). The summed E-state index contributed by atoms with van der Waals surface area (Å²) in [5.41, 5.74) is 5.83. The number of hydrogen-bond donors (Lipinski definition) is 2. The number of sulfonamides is 1. The van der Waals surface area contributed by atoms with Gasteiger partial charge in [0.15, 0.2) is 0 Å². The van der Waals surface area contributed by atoms with Crippen molar-refractivity contribution in [2.75, 3.05) is 13.4 Å². The summed E-state index contributed by atoms with van der Waals surface area (Å²) in [6.45, 7) is 0. The van der Waals surface area contributed by atoms with Crippen molar-refractivity contribution >= 4 is 15.9 Å². The molecule has 0 spiro atoms. The highest BCUT2D eigenvalue weighted by Crippen LogP contribution is 2.42. The molecule has 0 bridgehead atoms. The van der Waals surface area contributed by atoms with Gasteiger partial charge in [-0.3, -0.25) is 4.79 Å². The first-order valence-corrected chi connectivity index (χ1v) is 11.1. The normalized spacial score (nSPS) is 21.8. The molecular weight excluding hydrogens is 397 g/mol. The highest BCUT2D eigenvalue weighted by molar-refractivity contribution is 7.88. The smallest absolute Gasteiger partial charge is 0.224 e. The van der Waals surface area contributed by atoms with Crippen LogP contribution in [0.15, 0.2) is 36.5 Å². The van der Waals surface area contributed by atoms with Crippen molar-refractivity contribution in [1.29, 1.82) is 0 Å². The van der Waals surface area contributed by atoms with Crippen LogP contribution in [0.3, 0.4) is 0 Å². The first-order chi connectivity index (χ1) is 13.6. The van der Waals surface area contributed by atoms with Gasteiger partial charge >= 0.3 is 0 Å². The van der Waals surface area contributed by atoms with Crippen LogP contribution in [0.1, 0.15) is 24.8 Å². The lowest BCUT2D eigenvalue weighted by Crippen LogP contribution is -2.40. The SMILES string of the molecule is COc1ncccc1-c1cccc(C[C@]2(C(N)=O)CC[C@H](NS(C)(=O)=O)C2)c1F. The van der Waals surface area contributed by atoms with Crippen molar-refractivity contribution in [3.63, 3.8) is 0 Å². The lowest BCUT2D eigenvalue weighted by molar-refractivity contribution is -0.127. The molecule has 1 heterocycles. The second kappa shape index (κ2) is 8.08. The van der Waals surface area contributed by atoms with E-state index < -0.39 is 33.2 Å². The zero-order chi connectivity index (χ0) is 21.2. The Morgan fingerprint density at radius 1 is 1.34 bits per heavy atom. The zero-order valence-corrected chi connectivity index (χ0v) is 17.1. The molecule has 2 aromatic rings. The maximum absolute atomic E-state index is 15.4. The summed E-state index contributed by atoms with van der Waals surface area (Å²) in [5.74, 6) is -0.732. The van der Waals surface area contributed by atoms with Gasteiger partial charge < -0.3 is 10.5 Å². The number of pyridine rings is 1. The molecule has 0 aliphatic heterocycles. The maximum atomic E-state index is 15.4. The summed E-state index contributed by atoms with van der Waals surface area (Å²) in [5, 5.41) is 0. The average molecular weight is 421 g/mol. The first-order valence-electron chi connectivity index (χ1n) is 9.19. The molecule has 29 heavy (non-hydrogen) atoms. The lowest BCUT2D eigenvalue weighted by Gasteiger charge is -2.26. The van der Waals surface area contributed by atoms with Gasteiger partial charge in [-0.15, -0.1) is 0 Å². The van der Waals surface area contributed by atoms with Gasteiger partial charge in [-0.25, -0.2) is 22.5 Å². The van der Waals surface area contributed by atoms with Crippen molar-refractivity contribution in [3.05, 3.63) is 47.9 Å². The van der Waals surface area contributed by atoms with Crippen LogP contribution < -0.4 is 15.2 Å². The molecule has 1 saturated carbocycles. The van der Waals surface area contributed by atoms with Crippen molar-refractivity contribution in [3.8, 4) is 17.0 Å². The van der Waals surface area contributed by atoms with Crippen molar-refractivity contribution in [1.82, 2.24) is 9.71 Å². The number of carbonyl (C=O) groups excluding carboxylic acids is 1. The predicted octanol–water partition coefficient (Wildman–Crippen LogP) is 2.01. The first kappa shape index (κ1) is 21.2. The number of primary amides is 1. The number of carbonyl (C=O) groups is 1. The Kier molecular flexibility index (Phi) is 5.90. The minimum Gasteiger partial charge on any atom is -0.481 e. The number of rotatable bonds is 7. The van der Waals surface area contributed by atoms with Crippen LogP contribution in [-0.4, -0.2) is 38.7 Å². The van der Waals surface area contributed by atoms with Gasteiger partial charge in [-0.05, 0) is 43.4 Å².